The number of benzene rings is 2. The summed E-state index contributed by atoms with van der Waals surface area (Å²) >= 11 is 1.58. The van der Waals surface area contributed by atoms with Crippen LogP contribution in [0.4, 0.5) is 5.69 Å². The topological polar surface area (TPSA) is 65.4 Å². The van der Waals surface area contributed by atoms with Crippen molar-refractivity contribution in [1.29, 1.82) is 0 Å². The maximum atomic E-state index is 12.2. The van der Waals surface area contributed by atoms with Gasteiger partial charge in [-0.15, -0.1) is 0 Å². The van der Waals surface area contributed by atoms with Gasteiger partial charge < -0.3 is 19.4 Å². The average molecular weight is 412 g/mol. The quantitative estimate of drug-likeness (QED) is 0.487. The number of anilines is 1. The smallest absolute Gasteiger partial charge is 0.224 e. The molecule has 3 aromatic rings. The van der Waals surface area contributed by atoms with Crippen LogP contribution < -0.4 is 14.8 Å². The second kappa shape index (κ2) is 10.6. The summed E-state index contributed by atoms with van der Waals surface area (Å²) in [6, 6.07) is 15.3. The summed E-state index contributed by atoms with van der Waals surface area (Å²) in [4.78, 5) is 17.5. The van der Waals surface area contributed by atoms with E-state index in [1.54, 1.807) is 18.0 Å². The van der Waals surface area contributed by atoms with E-state index >= 15 is 0 Å². The van der Waals surface area contributed by atoms with Crippen molar-refractivity contribution in [2.45, 2.75) is 29.8 Å². The number of hydrogen-bond donors (Lipinski definition) is 1. The minimum atomic E-state index is -0.0313. The summed E-state index contributed by atoms with van der Waals surface area (Å²) in [5.74, 6) is 1.40. The molecule has 1 N–H and O–H groups in total. The summed E-state index contributed by atoms with van der Waals surface area (Å²) in [5, 5.41) is 3.84. The Kier molecular flexibility index (Phi) is 7.58. The zero-order valence-electron chi connectivity index (χ0n) is 16.6. The highest BCUT2D eigenvalue weighted by molar-refractivity contribution is 7.99. The van der Waals surface area contributed by atoms with Gasteiger partial charge in [0.05, 0.1) is 13.2 Å². The van der Waals surface area contributed by atoms with Gasteiger partial charge in [-0.1, -0.05) is 23.9 Å². The second-order valence-corrected chi connectivity index (χ2v) is 7.37. The van der Waals surface area contributed by atoms with E-state index in [0.29, 0.717) is 31.8 Å². The number of aryl methyl sites for hydroxylation is 1. The molecular formula is C22H25N3O3S. The fourth-order valence-corrected chi connectivity index (χ4v) is 3.45. The van der Waals surface area contributed by atoms with Crippen LogP contribution in [0, 0.1) is 0 Å². The lowest BCUT2D eigenvalue weighted by Gasteiger charge is -2.11. The van der Waals surface area contributed by atoms with E-state index in [0.717, 1.165) is 21.5 Å². The maximum absolute atomic E-state index is 12.2. The van der Waals surface area contributed by atoms with Gasteiger partial charge in [0, 0.05) is 36.4 Å². The summed E-state index contributed by atoms with van der Waals surface area (Å²) < 4.78 is 13.2. The van der Waals surface area contributed by atoms with E-state index in [1.807, 2.05) is 73.3 Å². The van der Waals surface area contributed by atoms with E-state index in [2.05, 4.69) is 10.3 Å². The molecule has 0 saturated heterocycles. The van der Waals surface area contributed by atoms with E-state index in [4.69, 9.17) is 9.47 Å². The van der Waals surface area contributed by atoms with Crippen LogP contribution in [0.1, 0.15) is 19.8 Å². The first kappa shape index (κ1) is 20.8. The number of nitrogens with one attached hydrogen (secondary N) is 1. The minimum Gasteiger partial charge on any atom is -0.490 e. The molecule has 0 atom stereocenters. The SMILES string of the molecule is CCOc1ccccc1OCCCC(=O)Nc1ccc(Sc2nccn2C)cc1. The van der Waals surface area contributed by atoms with Gasteiger partial charge in [-0.25, -0.2) is 4.98 Å². The molecule has 0 aliphatic rings. The Hall–Kier alpha value is -2.93. The molecule has 0 saturated carbocycles. The van der Waals surface area contributed by atoms with Crippen molar-refractivity contribution in [2.24, 2.45) is 7.05 Å². The molecular weight excluding hydrogens is 386 g/mol. The summed E-state index contributed by atoms with van der Waals surface area (Å²) in [7, 11) is 1.96. The normalized spacial score (nSPS) is 10.6. The molecule has 2 aromatic carbocycles. The average Bonchev–Trinajstić information content (AvgIpc) is 3.12. The molecule has 0 aliphatic heterocycles. The summed E-state index contributed by atoms with van der Waals surface area (Å²) in [6.45, 7) is 2.98. The Balaban J connectivity index is 1.41. The van der Waals surface area contributed by atoms with Crippen LogP contribution >= 0.6 is 11.8 Å². The third kappa shape index (κ3) is 6.29. The van der Waals surface area contributed by atoms with Gasteiger partial charge in [-0.3, -0.25) is 4.79 Å². The van der Waals surface area contributed by atoms with Crippen LogP contribution in [0.5, 0.6) is 11.5 Å². The van der Waals surface area contributed by atoms with Crippen LogP contribution in [0.3, 0.4) is 0 Å². The number of aromatic nitrogens is 2. The van der Waals surface area contributed by atoms with Gasteiger partial charge in [0.2, 0.25) is 5.91 Å². The highest BCUT2D eigenvalue weighted by atomic mass is 32.2. The number of carbonyl (C=O) groups is 1. The Morgan fingerprint density at radius 3 is 2.48 bits per heavy atom. The van der Waals surface area contributed by atoms with E-state index < -0.39 is 0 Å². The van der Waals surface area contributed by atoms with Crippen LogP contribution in [-0.2, 0) is 11.8 Å². The number of ether oxygens (including phenoxy) is 2. The minimum absolute atomic E-state index is 0.0313. The predicted molar refractivity (Wildman–Crippen MR) is 115 cm³/mol. The van der Waals surface area contributed by atoms with Gasteiger partial charge >= 0.3 is 0 Å². The fourth-order valence-electron chi connectivity index (χ4n) is 2.64. The number of amides is 1. The number of carbonyl (C=O) groups excluding carboxylic acids is 1. The molecule has 1 amide bonds. The van der Waals surface area contributed by atoms with Gasteiger partial charge in [-0.05, 0) is 49.7 Å². The van der Waals surface area contributed by atoms with Crippen LogP contribution in [0.2, 0.25) is 0 Å². The zero-order valence-corrected chi connectivity index (χ0v) is 17.4. The monoisotopic (exact) mass is 411 g/mol. The molecule has 1 heterocycles. The van der Waals surface area contributed by atoms with Crippen molar-refractivity contribution in [3.63, 3.8) is 0 Å². The highest BCUT2D eigenvalue weighted by Gasteiger charge is 2.07. The molecule has 0 spiro atoms. The van der Waals surface area contributed by atoms with Gasteiger partial charge in [0.15, 0.2) is 16.7 Å². The molecule has 0 bridgehead atoms. The number of nitrogens with zero attached hydrogens (tertiary/aromatic N) is 2. The summed E-state index contributed by atoms with van der Waals surface area (Å²) in [6.07, 6.45) is 4.70. The lowest BCUT2D eigenvalue weighted by molar-refractivity contribution is -0.116. The third-order valence-electron chi connectivity index (χ3n) is 4.08. The molecule has 0 aliphatic carbocycles. The number of rotatable bonds is 10. The third-order valence-corrected chi connectivity index (χ3v) is 5.16. The highest BCUT2D eigenvalue weighted by Crippen LogP contribution is 2.27. The van der Waals surface area contributed by atoms with Gasteiger partial charge in [-0.2, -0.15) is 0 Å². The van der Waals surface area contributed by atoms with Gasteiger partial charge in [0.25, 0.3) is 0 Å². The number of imidazole rings is 1. The molecule has 7 heteroatoms. The summed E-state index contributed by atoms with van der Waals surface area (Å²) in [5.41, 5.74) is 0.779. The molecule has 3 rings (SSSR count). The van der Waals surface area contributed by atoms with E-state index in [1.165, 1.54) is 0 Å². The predicted octanol–water partition coefficient (Wildman–Crippen LogP) is 4.77. The molecule has 152 valence electrons. The standard InChI is InChI=1S/C22H25N3O3S/c1-3-27-19-7-4-5-8-20(19)28-16-6-9-21(26)24-17-10-12-18(13-11-17)29-22-23-14-15-25(22)2/h4-5,7-8,10-15H,3,6,9,16H2,1-2H3,(H,24,26). The van der Waals surface area contributed by atoms with E-state index in [-0.39, 0.29) is 5.91 Å². The van der Waals surface area contributed by atoms with Crippen molar-refractivity contribution in [3.8, 4) is 11.5 Å². The Bertz CT molecular complexity index is 925. The van der Waals surface area contributed by atoms with Crippen LogP contribution in [0.15, 0.2) is 71.0 Å². The van der Waals surface area contributed by atoms with Crippen molar-refractivity contribution in [2.75, 3.05) is 18.5 Å². The van der Waals surface area contributed by atoms with Crippen molar-refractivity contribution < 1.29 is 14.3 Å². The molecule has 6 nitrogen and oxygen atoms in total. The Morgan fingerprint density at radius 1 is 1.10 bits per heavy atom. The maximum Gasteiger partial charge on any atom is 0.224 e. The molecule has 0 unspecified atom stereocenters. The van der Waals surface area contributed by atoms with Gasteiger partial charge in [0.1, 0.15) is 0 Å². The molecule has 1 aromatic heterocycles. The van der Waals surface area contributed by atoms with Crippen molar-refractivity contribution in [3.05, 3.63) is 60.9 Å². The first-order valence-electron chi connectivity index (χ1n) is 9.55. The van der Waals surface area contributed by atoms with Crippen LogP contribution in [0.25, 0.3) is 0 Å². The molecule has 29 heavy (non-hydrogen) atoms. The molecule has 0 radical (unpaired) electrons. The Labute approximate surface area is 175 Å². The first-order valence-corrected chi connectivity index (χ1v) is 10.4. The fraction of sp³-hybridized carbons (Fsp3) is 0.273. The zero-order chi connectivity index (χ0) is 20.5. The largest absolute Gasteiger partial charge is 0.490 e. The number of para-hydroxylation sites is 2. The van der Waals surface area contributed by atoms with Crippen molar-refractivity contribution >= 4 is 23.4 Å². The molecule has 0 fully saturated rings. The Morgan fingerprint density at radius 2 is 1.83 bits per heavy atom. The lowest BCUT2D eigenvalue weighted by Crippen LogP contribution is -2.12. The van der Waals surface area contributed by atoms with Crippen LogP contribution in [-0.4, -0.2) is 28.7 Å². The second-order valence-electron chi connectivity index (χ2n) is 6.33. The van der Waals surface area contributed by atoms with Crippen molar-refractivity contribution in [1.82, 2.24) is 9.55 Å². The lowest BCUT2D eigenvalue weighted by atomic mass is 10.2. The first-order chi connectivity index (χ1) is 14.2. The number of hydrogen-bond acceptors (Lipinski definition) is 5. The van der Waals surface area contributed by atoms with E-state index in [9.17, 15) is 4.79 Å².